The lowest BCUT2D eigenvalue weighted by Gasteiger charge is -2.33. The van der Waals surface area contributed by atoms with Gasteiger partial charge in [-0.2, -0.15) is 0 Å². The lowest BCUT2D eigenvalue weighted by molar-refractivity contribution is 0.0874. The molecular weight excluding hydrogens is 166 g/mol. The third-order valence-electron chi connectivity index (χ3n) is 2.66. The second kappa shape index (κ2) is 5.58. The summed E-state index contributed by atoms with van der Waals surface area (Å²) in [6.45, 7) is 5.06. The molecule has 0 radical (unpaired) electrons. The van der Waals surface area contributed by atoms with Gasteiger partial charge in [0, 0.05) is 19.7 Å². The van der Waals surface area contributed by atoms with E-state index in [0.29, 0.717) is 12.5 Å². The number of piperidine rings is 1. The first-order valence-corrected chi connectivity index (χ1v) is 5.23. The van der Waals surface area contributed by atoms with Crippen LogP contribution in [0.2, 0.25) is 0 Å². The minimum absolute atomic E-state index is 0.229. The summed E-state index contributed by atoms with van der Waals surface area (Å²) >= 11 is 0. The average molecular weight is 187 g/mol. The van der Waals surface area contributed by atoms with Crippen molar-refractivity contribution in [3.8, 4) is 0 Å². The van der Waals surface area contributed by atoms with E-state index in [1.54, 1.807) is 0 Å². The smallest absolute Gasteiger partial charge is 0.0639 e. The summed E-state index contributed by atoms with van der Waals surface area (Å²) < 4.78 is 0. The molecule has 1 rings (SSSR count). The van der Waals surface area contributed by atoms with E-state index in [1.807, 2.05) is 6.92 Å². The van der Waals surface area contributed by atoms with Crippen LogP contribution in [0.4, 0.5) is 0 Å². The van der Waals surface area contributed by atoms with Crippen LogP contribution in [0.3, 0.4) is 0 Å². The van der Waals surface area contributed by atoms with Crippen LogP contribution in [0.1, 0.15) is 26.2 Å². The first kappa shape index (κ1) is 11.0. The molecule has 1 aliphatic rings. The maximum Gasteiger partial charge on any atom is 0.0639 e. The molecule has 1 aliphatic heterocycles. The van der Waals surface area contributed by atoms with Crippen LogP contribution >= 0.6 is 0 Å². The minimum atomic E-state index is -0.229. The zero-order chi connectivity index (χ0) is 9.68. The molecule has 3 nitrogen and oxygen atoms in total. The topological polar surface area (TPSA) is 43.7 Å². The third-order valence-corrected chi connectivity index (χ3v) is 2.66. The van der Waals surface area contributed by atoms with Gasteiger partial charge in [-0.25, -0.2) is 0 Å². The average Bonchev–Trinajstić information content (AvgIpc) is 2.04. The van der Waals surface area contributed by atoms with Gasteiger partial charge >= 0.3 is 0 Å². The molecule has 0 spiro atoms. The maximum absolute atomic E-state index is 9.23. The van der Waals surface area contributed by atoms with Crippen LogP contribution in [-0.2, 0) is 0 Å². The molecule has 0 bridgehead atoms. The van der Waals surface area contributed by atoms with Crippen molar-refractivity contribution in [3.63, 3.8) is 0 Å². The van der Waals surface area contributed by atoms with Gasteiger partial charge in [0.1, 0.15) is 0 Å². The van der Waals surface area contributed by atoms with Crippen LogP contribution in [0.5, 0.6) is 0 Å². The highest BCUT2D eigenvalue weighted by molar-refractivity contribution is 4.73. The van der Waals surface area contributed by atoms with Crippen molar-refractivity contribution in [2.24, 2.45) is 5.92 Å². The number of β-amino-alcohol motifs (C(OH)–C–C–N with tert-alkyl or cyclic N) is 1. The molecule has 0 saturated carbocycles. The molecule has 1 fully saturated rings. The Bertz CT molecular complexity index is 137. The molecule has 2 atom stereocenters. The molecule has 0 aromatic rings. The molecule has 0 aromatic carbocycles. The summed E-state index contributed by atoms with van der Waals surface area (Å²) in [7, 11) is 0. The van der Waals surface area contributed by atoms with Crippen molar-refractivity contribution in [3.05, 3.63) is 0 Å². The van der Waals surface area contributed by atoms with E-state index >= 15 is 0 Å². The van der Waals surface area contributed by atoms with Crippen molar-refractivity contribution < 1.29 is 10.2 Å². The standard InChI is InChI=1S/C10H21NO2/c1-9(13)7-11-5-2-3-10(8-11)4-6-12/h9-10,12-13H,2-8H2,1H3. The molecule has 13 heavy (non-hydrogen) atoms. The summed E-state index contributed by atoms with van der Waals surface area (Å²) in [5.74, 6) is 0.637. The van der Waals surface area contributed by atoms with E-state index in [-0.39, 0.29) is 6.10 Å². The second-order valence-electron chi connectivity index (χ2n) is 4.13. The van der Waals surface area contributed by atoms with Gasteiger partial charge in [0.25, 0.3) is 0 Å². The molecule has 2 N–H and O–H groups in total. The molecular formula is C10H21NO2. The summed E-state index contributed by atoms with van der Waals surface area (Å²) in [5.41, 5.74) is 0. The first-order valence-electron chi connectivity index (χ1n) is 5.23. The van der Waals surface area contributed by atoms with E-state index in [2.05, 4.69) is 4.90 Å². The zero-order valence-electron chi connectivity index (χ0n) is 8.45. The van der Waals surface area contributed by atoms with Crippen LogP contribution < -0.4 is 0 Å². The Labute approximate surface area is 80.4 Å². The molecule has 3 heteroatoms. The molecule has 1 saturated heterocycles. The van der Waals surface area contributed by atoms with Crippen molar-refractivity contribution in [1.82, 2.24) is 4.90 Å². The van der Waals surface area contributed by atoms with Crippen LogP contribution in [0.15, 0.2) is 0 Å². The number of likely N-dealkylation sites (tertiary alicyclic amines) is 1. The molecule has 0 aromatic heterocycles. The number of hydrogen-bond donors (Lipinski definition) is 2. The maximum atomic E-state index is 9.23. The largest absolute Gasteiger partial charge is 0.396 e. The lowest BCUT2D eigenvalue weighted by Crippen LogP contribution is -2.39. The molecule has 0 aliphatic carbocycles. The first-order chi connectivity index (χ1) is 6.22. The predicted octanol–water partition coefficient (Wildman–Crippen LogP) is 0.462. The van der Waals surface area contributed by atoms with Crippen molar-refractivity contribution in [1.29, 1.82) is 0 Å². The van der Waals surface area contributed by atoms with E-state index in [0.717, 1.165) is 26.1 Å². The van der Waals surface area contributed by atoms with Crippen molar-refractivity contribution in [2.45, 2.75) is 32.3 Å². The van der Waals surface area contributed by atoms with Gasteiger partial charge in [0.2, 0.25) is 0 Å². The monoisotopic (exact) mass is 187 g/mol. The normalized spacial score (nSPS) is 27.5. The highest BCUT2D eigenvalue weighted by atomic mass is 16.3. The second-order valence-corrected chi connectivity index (χ2v) is 4.13. The minimum Gasteiger partial charge on any atom is -0.396 e. The Morgan fingerprint density at radius 3 is 2.92 bits per heavy atom. The van der Waals surface area contributed by atoms with Gasteiger partial charge in [0.15, 0.2) is 0 Å². The van der Waals surface area contributed by atoms with Gasteiger partial charge < -0.3 is 15.1 Å². The lowest BCUT2D eigenvalue weighted by atomic mass is 9.95. The van der Waals surface area contributed by atoms with Crippen LogP contribution in [0, 0.1) is 5.92 Å². The Kier molecular flexibility index (Phi) is 4.70. The molecule has 78 valence electrons. The van der Waals surface area contributed by atoms with E-state index in [1.165, 1.54) is 12.8 Å². The zero-order valence-corrected chi connectivity index (χ0v) is 8.45. The van der Waals surface area contributed by atoms with Gasteiger partial charge in [0.05, 0.1) is 6.10 Å². The number of rotatable bonds is 4. The SMILES string of the molecule is CC(O)CN1CCCC(CCO)C1. The van der Waals surface area contributed by atoms with E-state index < -0.39 is 0 Å². The number of aliphatic hydroxyl groups excluding tert-OH is 2. The number of nitrogens with zero attached hydrogens (tertiary/aromatic N) is 1. The number of aliphatic hydroxyl groups is 2. The Morgan fingerprint density at radius 2 is 2.31 bits per heavy atom. The Morgan fingerprint density at radius 1 is 1.54 bits per heavy atom. The third kappa shape index (κ3) is 4.07. The predicted molar refractivity (Wildman–Crippen MR) is 52.5 cm³/mol. The Hall–Kier alpha value is -0.120. The summed E-state index contributed by atoms with van der Waals surface area (Å²) in [6, 6.07) is 0. The van der Waals surface area contributed by atoms with E-state index in [9.17, 15) is 5.11 Å². The van der Waals surface area contributed by atoms with Gasteiger partial charge in [-0.3, -0.25) is 0 Å². The number of hydrogen-bond acceptors (Lipinski definition) is 3. The fraction of sp³-hybridized carbons (Fsp3) is 1.00. The Balaban J connectivity index is 2.24. The fourth-order valence-electron chi connectivity index (χ4n) is 2.11. The highest BCUT2D eigenvalue weighted by Crippen LogP contribution is 2.19. The summed E-state index contributed by atoms with van der Waals surface area (Å²) in [4.78, 5) is 2.30. The molecule has 0 amide bonds. The highest BCUT2D eigenvalue weighted by Gasteiger charge is 2.19. The molecule has 1 heterocycles. The van der Waals surface area contributed by atoms with Crippen molar-refractivity contribution >= 4 is 0 Å². The molecule has 2 unspecified atom stereocenters. The summed E-state index contributed by atoms with van der Waals surface area (Å²) in [6.07, 6.45) is 3.12. The quantitative estimate of drug-likeness (QED) is 0.672. The fourth-order valence-corrected chi connectivity index (χ4v) is 2.11. The van der Waals surface area contributed by atoms with Gasteiger partial charge in [-0.1, -0.05) is 0 Å². The van der Waals surface area contributed by atoms with E-state index in [4.69, 9.17) is 5.11 Å². The van der Waals surface area contributed by atoms with Crippen molar-refractivity contribution in [2.75, 3.05) is 26.2 Å². The van der Waals surface area contributed by atoms with Crippen LogP contribution in [0.25, 0.3) is 0 Å². The van der Waals surface area contributed by atoms with Crippen LogP contribution in [-0.4, -0.2) is 47.5 Å². The van der Waals surface area contributed by atoms with Gasteiger partial charge in [-0.15, -0.1) is 0 Å². The van der Waals surface area contributed by atoms with Gasteiger partial charge in [-0.05, 0) is 38.6 Å². The summed E-state index contributed by atoms with van der Waals surface area (Å²) in [5, 5.41) is 18.0.